The fourth-order valence-electron chi connectivity index (χ4n) is 4.88. The Kier molecular flexibility index (Phi) is 6.40. The van der Waals surface area contributed by atoms with Crippen LogP contribution in [0.2, 0.25) is 0 Å². The monoisotopic (exact) mass is 523 g/mol. The van der Waals surface area contributed by atoms with Crippen molar-refractivity contribution in [1.82, 2.24) is 14.7 Å². The molecule has 2 aromatic heterocycles. The van der Waals surface area contributed by atoms with Crippen molar-refractivity contribution in [1.29, 1.82) is 0 Å². The minimum absolute atomic E-state index is 0.193. The van der Waals surface area contributed by atoms with Crippen LogP contribution in [-0.4, -0.2) is 49.6 Å². The molecule has 1 fully saturated rings. The van der Waals surface area contributed by atoms with Gasteiger partial charge in [-0.15, -0.1) is 0 Å². The van der Waals surface area contributed by atoms with E-state index in [1.54, 1.807) is 48.7 Å². The first-order chi connectivity index (χ1) is 17.6. The lowest BCUT2D eigenvalue weighted by Crippen LogP contribution is -2.41. The second-order valence-corrected chi connectivity index (χ2v) is 11.5. The largest absolute Gasteiger partial charge is 0.486 e. The van der Waals surface area contributed by atoms with Crippen molar-refractivity contribution in [3.63, 3.8) is 0 Å². The molecule has 37 heavy (non-hydrogen) atoms. The van der Waals surface area contributed by atoms with Crippen LogP contribution in [0.3, 0.4) is 0 Å². The Bertz CT molecular complexity index is 1440. The van der Waals surface area contributed by atoms with Crippen LogP contribution in [-0.2, 0) is 10.0 Å². The summed E-state index contributed by atoms with van der Waals surface area (Å²) in [5.41, 5.74) is 0.633. The molecule has 1 atom stereocenters. The van der Waals surface area contributed by atoms with Crippen LogP contribution in [0.15, 0.2) is 59.8 Å². The van der Waals surface area contributed by atoms with Crippen molar-refractivity contribution in [2.45, 2.75) is 37.8 Å². The van der Waals surface area contributed by atoms with E-state index >= 15 is 0 Å². The molecule has 1 aromatic carbocycles. The van der Waals surface area contributed by atoms with Gasteiger partial charge in [-0.25, -0.2) is 14.7 Å². The Morgan fingerprint density at radius 2 is 1.86 bits per heavy atom. The molecule has 0 radical (unpaired) electrons. The molecule has 0 bridgehead atoms. The standard InChI is InChI=1S/C26H29N5O5S/c1-17-15-26(2,3)31(16-17)24-19(6-5-11-27-24)25(32)30-37(33,34)23-8-4-7-22(29-23)28-18-9-10-20-21(14-18)36-13-12-35-20/h4-11,14,17H,12-13,15-16H2,1-3H3,(H,28,29)(H,30,32). The Labute approximate surface area is 216 Å². The molecule has 2 aliphatic rings. The van der Waals surface area contributed by atoms with E-state index in [1.807, 2.05) is 0 Å². The quantitative estimate of drug-likeness (QED) is 0.497. The lowest BCUT2D eigenvalue weighted by Gasteiger charge is -2.33. The molecule has 3 aromatic rings. The van der Waals surface area contributed by atoms with Crippen molar-refractivity contribution in [3.8, 4) is 11.5 Å². The maximum Gasteiger partial charge on any atom is 0.281 e. The number of nitrogens with one attached hydrogen (secondary N) is 2. The van der Waals surface area contributed by atoms with Gasteiger partial charge in [0, 0.05) is 30.0 Å². The number of carbonyl (C=O) groups excluding carboxylic acids is 1. The summed E-state index contributed by atoms with van der Waals surface area (Å²) in [4.78, 5) is 23.9. The summed E-state index contributed by atoms with van der Waals surface area (Å²) in [6.07, 6.45) is 2.55. The van der Waals surface area contributed by atoms with Gasteiger partial charge in [0.05, 0.1) is 5.56 Å². The topological polar surface area (TPSA) is 123 Å². The maximum atomic E-state index is 13.2. The predicted octanol–water partition coefficient (Wildman–Crippen LogP) is 3.73. The van der Waals surface area contributed by atoms with E-state index in [9.17, 15) is 13.2 Å². The first-order valence-electron chi connectivity index (χ1n) is 12.1. The van der Waals surface area contributed by atoms with E-state index in [0.717, 1.165) is 13.0 Å². The minimum Gasteiger partial charge on any atom is -0.486 e. The Hall–Kier alpha value is -3.86. The predicted molar refractivity (Wildman–Crippen MR) is 139 cm³/mol. The molecule has 0 saturated carbocycles. The zero-order chi connectivity index (χ0) is 26.2. The maximum absolute atomic E-state index is 13.2. The average molecular weight is 524 g/mol. The van der Waals surface area contributed by atoms with Gasteiger partial charge in [0.1, 0.15) is 24.8 Å². The summed E-state index contributed by atoms with van der Waals surface area (Å²) in [7, 11) is -4.26. The van der Waals surface area contributed by atoms with Gasteiger partial charge in [-0.05, 0) is 62.6 Å². The fraction of sp³-hybridized carbons (Fsp3) is 0.346. The third-order valence-corrected chi connectivity index (χ3v) is 7.63. The smallest absolute Gasteiger partial charge is 0.281 e. The molecule has 1 saturated heterocycles. The minimum atomic E-state index is -4.26. The lowest BCUT2D eigenvalue weighted by molar-refractivity contribution is 0.0981. The number of carbonyl (C=O) groups is 1. The zero-order valence-corrected chi connectivity index (χ0v) is 21.7. The summed E-state index contributed by atoms with van der Waals surface area (Å²) in [5.74, 6) is 1.66. The second kappa shape index (κ2) is 9.55. The van der Waals surface area contributed by atoms with Gasteiger partial charge in [-0.1, -0.05) is 13.0 Å². The highest BCUT2D eigenvalue weighted by molar-refractivity contribution is 7.90. The summed E-state index contributed by atoms with van der Waals surface area (Å²) in [5, 5.41) is 2.78. The van der Waals surface area contributed by atoms with Crippen LogP contribution in [0.25, 0.3) is 0 Å². The number of aromatic nitrogens is 2. The molecular weight excluding hydrogens is 494 g/mol. The van der Waals surface area contributed by atoms with E-state index in [2.05, 4.69) is 45.7 Å². The van der Waals surface area contributed by atoms with Crippen LogP contribution in [0.5, 0.6) is 11.5 Å². The van der Waals surface area contributed by atoms with Crippen LogP contribution in [0, 0.1) is 5.92 Å². The number of sulfonamides is 1. The fourth-order valence-corrected chi connectivity index (χ4v) is 5.82. The SMILES string of the molecule is CC1CN(c2ncccc2C(=O)NS(=O)(=O)c2cccc(Nc3ccc4c(c3)OCCO4)n2)C(C)(C)C1. The molecular formula is C26H29N5O5S. The van der Waals surface area contributed by atoms with Crippen LogP contribution >= 0.6 is 0 Å². The molecule has 2 N–H and O–H groups in total. The van der Waals surface area contributed by atoms with Gasteiger partial charge in [-0.3, -0.25) is 4.79 Å². The highest BCUT2D eigenvalue weighted by atomic mass is 32.2. The Morgan fingerprint density at radius 3 is 2.62 bits per heavy atom. The first kappa shape index (κ1) is 24.8. The van der Waals surface area contributed by atoms with Crippen molar-refractivity contribution in [2.24, 2.45) is 5.92 Å². The van der Waals surface area contributed by atoms with Crippen molar-refractivity contribution in [3.05, 3.63) is 60.3 Å². The number of pyridine rings is 2. The molecule has 10 nitrogen and oxygen atoms in total. The van der Waals surface area contributed by atoms with Crippen LogP contribution in [0.1, 0.15) is 37.6 Å². The molecule has 2 aliphatic heterocycles. The molecule has 5 rings (SSSR count). The highest BCUT2D eigenvalue weighted by Gasteiger charge is 2.39. The molecule has 4 heterocycles. The third-order valence-electron chi connectivity index (χ3n) is 6.40. The van der Waals surface area contributed by atoms with Gasteiger partial charge in [0.2, 0.25) is 0 Å². The number of amides is 1. The Morgan fingerprint density at radius 1 is 1.08 bits per heavy atom. The van der Waals surface area contributed by atoms with E-state index in [-0.39, 0.29) is 16.1 Å². The number of nitrogens with zero attached hydrogens (tertiary/aromatic N) is 3. The van der Waals surface area contributed by atoms with Crippen LogP contribution < -0.4 is 24.4 Å². The summed E-state index contributed by atoms with van der Waals surface area (Å²) < 4.78 is 39.5. The summed E-state index contributed by atoms with van der Waals surface area (Å²) in [6.45, 7) is 8.00. The van der Waals surface area contributed by atoms with E-state index in [4.69, 9.17) is 9.47 Å². The number of benzene rings is 1. The normalized spacial score (nSPS) is 18.4. The van der Waals surface area contributed by atoms with Gasteiger partial charge in [0.25, 0.3) is 15.9 Å². The number of hydrogen-bond donors (Lipinski definition) is 2. The number of rotatable bonds is 6. The third kappa shape index (κ3) is 5.17. The van der Waals surface area contributed by atoms with Crippen molar-refractivity contribution < 1.29 is 22.7 Å². The van der Waals surface area contributed by atoms with Gasteiger partial charge >= 0.3 is 0 Å². The number of fused-ring (bicyclic) bond motifs is 1. The van der Waals surface area contributed by atoms with E-state index in [1.165, 1.54) is 6.07 Å². The summed E-state index contributed by atoms with van der Waals surface area (Å²) in [6, 6.07) is 13.0. The molecule has 1 amide bonds. The van der Waals surface area contributed by atoms with Gasteiger partial charge < -0.3 is 19.7 Å². The first-order valence-corrected chi connectivity index (χ1v) is 13.5. The lowest BCUT2D eigenvalue weighted by atomic mass is 9.97. The van der Waals surface area contributed by atoms with Gasteiger partial charge in [-0.2, -0.15) is 8.42 Å². The molecule has 11 heteroatoms. The zero-order valence-electron chi connectivity index (χ0n) is 20.9. The molecule has 1 unspecified atom stereocenters. The highest BCUT2D eigenvalue weighted by Crippen LogP contribution is 2.37. The van der Waals surface area contributed by atoms with Gasteiger partial charge in [0.15, 0.2) is 16.5 Å². The summed E-state index contributed by atoms with van der Waals surface area (Å²) >= 11 is 0. The van der Waals surface area contributed by atoms with Crippen molar-refractivity contribution >= 4 is 33.3 Å². The number of ether oxygens (including phenoxy) is 2. The van der Waals surface area contributed by atoms with Crippen molar-refractivity contribution in [2.75, 3.05) is 30.0 Å². The van der Waals surface area contributed by atoms with E-state index < -0.39 is 15.9 Å². The van der Waals surface area contributed by atoms with E-state index in [0.29, 0.717) is 48.0 Å². The number of hydrogen-bond acceptors (Lipinski definition) is 9. The molecule has 0 spiro atoms. The Balaban J connectivity index is 1.36. The average Bonchev–Trinajstić information content (AvgIpc) is 3.15. The second-order valence-electron chi connectivity index (χ2n) is 9.89. The molecule has 0 aliphatic carbocycles. The molecule has 194 valence electrons. The van der Waals surface area contributed by atoms with Crippen LogP contribution in [0.4, 0.5) is 17.3 Å². The number of anilines is 3.